The Hall–Kier alpha value is -1.16. The van der Waals surface area contributed by atoms with E-state index < -0.39 is 0 Å². The fourth-order valence-electron chi connectivity index (χ4n) is 2.32. The second-order valence-corrected chi connectivity index (χ2v) is 5.06. The smallest absolute Gasteiger partial charge is 0.232 e. The van der Waals surface area contributed by atoms with Crippen LogP contribution in [0.2, 0.25) is 0 Å². The lowest BCUT2D eigenvalue weighted by molar-refractivity contribution is 0.0958. The summed E-state index contributed by atoms with van der Waals surface area (Å²) in [6.07, 6.45) is 7.08. The van der Waals surface area contributed by atoms with Crippen molar-refractivity contribution in [1.29, 1.82) is 0 Å². The molecule has 0 aliphatic heterocycles. The number of ether oxygens (including phenoxy) is 1. The van der Waals surface area contributed by atoms with Gasteiger partial charge in [-0.2, -0.15) is 0 Å². The number of nitrogens with two attached hydrogens (primary N) is 1. The molecule has 0 radical (unpaired) electrons. The molecule has 2 rings (SSSR count). The highest BCUT2D eigenvalue weighted by atomic mass is 16.5. The molecule has 0 saturated heterocycles. The summed E-state index contributed by atoms with van der Waals surface area (Å²) in [5, 5.41) is 0. The first-order chi connectivity index (χ1) is 8.19. The van der Waals surface area contributed by atoms with Crippen molar-refractivity contribution in [3.63, 3.8) is 0 Å². The van der Waals surface area contributed by atoms with Crippen LogP contribution in [-0.4, -0.2) is 16.1 Å². The Morgan fingerprint density at radius 1 is 1.29 bits per heavy atom. The maximum Gasteiger partial charge on any atom is 0.232 e. The van der Waals surface area contributed by atoms with Gasteiger partial charge >= 0.3 is 0 Å². The monoisotopic (exact) mass is 235 g/mol. The van der Waals surface area contributed by atoms with E-state index in [1.54, 1.807) is 12.4 Å². The second kappa shape index (κ2) is 5.45. The molecule has 0 amide bonds. The van der Waals surface area contributed by atoms with E-state index in [1.165, 1.54) is 6.42 Å². The van der Waals surface area contributed by atoms with Gasteiger partial charge in [0.25, 0.3) is 0 Å². The van der Waals surface area contributed by atoms with Crippen molar-refractivity contribution < 1.29 is 4.74 Å². The predicted octanol–water partition coefficient (Wildman–Crippen LogP) is 2.14. The van der Waals surface area contributed by atoms with Crippen LogP contribution in [0, 0.1) is 11.8 Å². The summed E-state index contributed by atoms with van der Waals surface area (Å²) in [6, 6.07) is 0. The molecule has 94 valence electrons. The highest BCUT2D eigenvalue weighted by molar-refractivity contribution is 5.08. The van der Waals surface area contributed by atoms with Crippen LogP contribution in [0.1, 0.15) is 38.8 Å². The quantitative estimate of drug-likeness (QED) is 0.872. The minimum absolute atomic E-state index is 0.281. The van der Waals surface area contributed by atoms with E-state index >= 15 is 0 Å². The van der Waals surface area contributed by atoms with Crippen molar-refractivity contribution in [2.45, 2.75) is 45.8 Å². The minimum atomic E-state index is 0.281. The molecule has 1 aliphatic carbocycles. The lowest BCUT2D eigenvalue weighted by Crippen LogP contribution is -2.29. The van der Waals surface area contributed by atoms with E-state index in [1.807, 2.05) is 0 Å². The number of nitrogens with zero attached hydrogens (tertiary/aromatic N) is 2. The normalized spacial score (nSPS) is 29.0. The van der Waals surface area contributed by atoms with Crippen molar-refractivity contribution >= 4 is 0 Å². The average Bonchev–Trinajstić information content (AvgIpc) is 2.34. The summed E-state index contributed by atoms with van der Waals surface area (Å²) in [6.45, 7) is 5.01. The maximum absolute atomic E-state index is 5.89. The van der Waals surface area contributed by atoms with Crippen LogP contribution in [-0.2, 0) is 6.54 Å². The van der Waals surface area contributed by atoms with Gasteiger partial charge in [0.15, 0.2) is 0 Å². The number of hydrogen-bond donors (Lipinski definition) is 1. The third-order valence-electron chi connectivity index (χ3n) is 3.71. The molecular formula is C13H21N3O. The minimum Gasteiger partial charge on any atom is -0.473 e. The summed E-state index contributed by atoms with van der Waals surface area (Å²) >= 11 is 0. The van der Waals surface area contributed by atoms with Gasteiger partial charge < -0.3 is 10.5 Å². The first-order valence-electron chi connectivity index (χ1n) is 6.36. The molecular weight excluding hydrogens is 214 g/mol. The van der Waals surface area contributed by atoms with Crippen molar-refractivity contribution in [2.75, 3.05) is 0 Å². The van der Waals surface area contributed by atoms with Gasteiger partial charge in [-0.3, -0.25) is 4.98 Å². The maximum atomic E-state index is 5.89. The Kier molecular flexibility index (Phi) is 3.94. The average molecular weight is 235 g/mol. The Morgan fingerprint density at radius 2 is 2.12 bits per heavy atom. The topological polar surface area (TPSA) is 61.0 Å². The Balaban J connectivity index is 1.96. The molecule has 4 nitrogen and oxygen atoms in total. The molecule has 4 heteroatoms. The van der Waals surface area contributed by atoms with Crippen molar-refractivity contribution in [3.05, 3.63) is 18.1 Å². The molecule has 1 aliphatic rings. The summed E-state index contributed by atoms with van der Waals surface area (Å²) in [5.41, 5.74) is 6.31. The zero-order valence-electron chi connectivity index (χ0n) is 10.6. The predicted molar refractivity (Wildman–Crippen MR) is 66.5 cm³/mol. The largest absolute Gasteiger partial charge is 0.473 e. The standard InChI is InChI=1S/C13H21N3O/c1-9-3-4-12(5-10(9)2)17-13-8-15-7-11(6-14)16-13/h7-10,12H,3-6,14H2,1-2H3. The van der Waals surface area contributed by atoms with E-state index in [4.69, 9.17) is 10.5 Å². The summed E-state index contributed by atoms with van der Waals surface area (Å²) in [7, 11) is 0. The van der Waals surface area contributed by atoms with E-state index in [2.05, 4.69) is 23.8 Å². The molecule has 3 unspecified atom stereocenters. The van der Waals surface area contributed by atoms with Crippen LogP contribution in [0.3, 0.4) is 0 Å². The molecule has 3 atom stereocenters. The number of aromatic nitrogens is 2. The zero-order chi connectivity index (χ0) is 12.3. The van der Waals surface area contributed by atoms with Crippen LogP contribution < -0.4 is 10.5 Å². The van der Waals surface area contributed by atoms with E-state index in [0.29, 0.717) is 12.4 Å². The van der Waals surface area contributed by atoms with Gasteiger partial charge in [0.1, 0.15) is 6.10 Å². The SMILES string of the molecule is CC1CCC(Oc2cncc(CN)n2)CC1C. The van der Waals surface area contributed by atoms with E-state index in [-0.39, 0.29) is 6.10 Å². The van der Waals surface area contributed by atoms with Gasteiger partial charge in [0.2, 0.25) is 5.88 Å². The Morgan fingerprint density at radius 3 is 2.82 bits per heavy atom. The van der Waals surface area contributed by atoms with Gasteiger partial charge in [0.05, 0.1) is 11.9 Å². The van der Waals surface area contributed by atoms with Crippen LogP contribution in [0.5, 0.6) is 5.88 Å². The summed E-state index contributed by atoms with van der Waals surface area (Å²) in [5.74, 6) is 2.13. The Bertz CT molecular complexity index is 369. The highest BCUT2D eigenvalue weighted by Gasteiger charge is 2.26. The lowest BCUT2D eigenvalue weighted by atomic mass is 9.80. The molecule has 2 N–H and O–H groups in total. The van der Waals surface area contributed by atoms with Crippen LogP contribution in [0.15, 0.2) is 12.4 Å². The Labute approximate surface area is 103 Å². The molecule has 0 spiro atoms. The van der Waals surface area contributed by atoms with E-state index in [0.717, 1.165) is 30.4 Å². The molecule has 17 heavy (non-hydrogen) atoms. The molecule has 1 aromatic heterocycles. The third-order valence-corrected chi connectivity index (χ3v) is 3.71. The second-order valence-electron chi connectivity index (χ2n) is 5.06. The van der Waals surface area contributed by atoms with Crippen molar-refractivity contribution in [2.24, 2.45) is 17.6 Å². The lowest BCUT2D eigenvalue weighted by Gasteiger charge is -2.31. The van der Waals surface area contributed by atoms with E-state index in [9.17, 15) is 0 Å². The first-order valence-corrected chi connectivity index (χ1v) is 6.36. The molecule has 1 heterocycles. The fourth-order valence-corrected chi connectivity index (χ4v) is 2.32. The first kappa shape index (κ1) is 12.3. The number of hydrogen-bond acceptors (Lipinski definition) is 4. The molecule has 1 fully saturated rings. The molecule has 0 aromatic carbocycles. The van der Waals surface area contributed by atoms with Crippen LogP contribution in [0.25, 0.3) is 0 Å². The van der Waals surface area contributed by atoms with Gasteiger partial charge in [-0.25, -0.2) is 4.98 Å². The van der Waals surface area contributed by atoms with Crippen molar-refractivity contribution in [3.8, 4) is 5.88 Å². The summed E-state index contributed by atoms with van der Waals surface area (Å²) < 4.78 is 5.89. The van der Waals surface area contributed by atoms with Gasteiger partial charge in [-0.05, 0) is 31.1 Å². The number of rotatable bonds is 3. The molecule has 1 saturated carbocycles. The molecule has 1 aromatic rings. The van der Waals surface area contributed by atoms with Crippen molar-refractivity contribution in [1.82, 2.24) is 9.97 Å². The van der Waals surface area contributed by atoms with Crippen LogP contribution >= 0.6 is 0 Å². The van der Waals surface area contributed by atoms with Crippen LogP contribution in [0.4, 0.5) is 0 Å². The highest BCUT2D eigenvalue weighted by Crippen LogP contribution is 2.31. The zero-order valence-corrected chi connectivity index (χ0v) is 10.6. The fraction of sp³-hybridized carbons (Fsp3) is 0.692. The van der Waals surface area contributed by atoms with Gasteiger partial charge in [0, 0.05) is 12.7 Å². The van der Waals surface area contributed by atoms with Gasteiger partial charge in [-0.1, -0.05) is 13.8 Å². The molecule has 0 bridgehead atoms. The summed E-state index contributed by atoms with van der Waals surface area (Å²) in [4.78, 5) is 8.41. The van der Waals surface area contributed by atoms with Gasteiger partial charge in [-0.15, -0.1) is 0 Å². The third kappa shape index (κ3) is 3.16.